The summed E-state index contributed by atoms with van der Waals surface area (Å²) in [7, 11) is 1.83. The van der Waals surface area contributed by atoms with Crippen molar-refractivity contribution in [1.29, 1.82) is 0 Å². The molecule has 1 amide bonds. The first kappa shape index (κ1) is 12.9. The van der Waals surface area contributed by atoms with Gasteiger partial charge in [0.05, 0.1) is 5.56 Å². The van der Waals surface area contributed by atoms with Crippen LogP contribution >= 0.6 is 0 Å². The smallest absolute Gasteiger partial charge is 0.253 e. The van der Waals surface area contributed by atoms with E-state index in [1.807, 2.05) is 32.2 Å². The summed E-state index contributed by atoms with van der Waals surface area (Å²) in [6, 6.07) is 6.05. The van der Waals surface area contributed by atoms with Crippen molar-refractivity contribution >= 4 is 11.6 Å². The zero-order valence-corrected chi connectivity index (χ0v) is 11.0. The van der Waals surface area contributed by atoms with Crippen molar-refractivity contribution in [3.8, 4) is 0 Å². The van der Waals surface area contributed by atoms with Crippen LogP contribution in [-0.2, 0) is 4.74 Å². The fourth-order valence-corrected chi connectivity index (χ4v) is 2.17. The highest BCUT2D eigenvalue weighted by molar-refractivity contribution is 5.99. The average molecular weight is 248 g/mol. The van der Waals surface area contributed by atoms with Crippen molar-refractivity contribution in [2.45, 2.75) is 25.8 Å². The van der Waals surface area contributed by atoms with Crippen LogP contribution in [0.4, 0.5) is 5.69 Å². The average Bonchev–Trinajstić information content (AvgIpc) is 2.39. The van der Waals surface area contributed by atoms with Crippen molar-refractivity contribution in [3.05, 3.63) is 29.3 Å². The lowest BCUT2D eigenvalue weighted by atomic mass is 10.1. The van der Waals surface area contributed by atoms with Gasteiger partial charge in [-0.3, -0.25) is 4.79 Å². The molecule has 2 N–H and O–H groups in total. The first-order chi connectivity index (χ1) is 8.70. The number of aryl methyl sites for hydroxylation is 1. The Balaban J connectivity index is 2.08. The molecule has 0 unspecified atom stereocenters. The first-order valence-corrected chi connectivity index (χ1v) is 6.37. The molecule has 0 bridgehead atoms. The summed E-state index contributed by atoms with van der Waals surface area (Å²) in [5.41, 5.74) is 2.72. The van der Waals surface area contributed by atoms with Gasteiger partial charge in [0.1, 0.15) is 0 Å². The molecule has 0 atom stereocenters. The molecule has 1 aromatic rings. The topological polar surface area (TPSA) is 50.4 Å². The molecule has 0 saturated carbocycles. The fourth-order valence-electron chi connectivity index (χ4n) is 2.17. The third kappa shape index (κ3) is 3.01. The summed E-state index contributed by atoms with van der Waals surface area (Å²) in [6.45, 7) is 3.48. The van der Waals surface area contributed by atoms with Gasteiger partial charge >= 0.3 is 0 Å². The number of nitrogens with one attached hydrogen (secondary N) is 2. The Hall–Kier alpha value is -1.55. The Bertz CT molecular complexity index is 426. The predicted octanol–water partition coefficient (Wildman–Crippen LogP) is 1.95. The summed E-state index contributed by atoms with van der Waals surface area (Å²) >= 11 is 0. The third-order valence-electron chi connectivity index (χ3n) is 3.25. The van der Waals surface area contributed by atoms with Gasteiger partial charge in [0, 0.05) is 32.0 Å². The second-order valence-corrected chi connectivity index (χ2v) is 4.66. The monoisotopic (exact) mass is 248 g/mol. The summed E-state index contributed by atoms with van der Waals surface area (Å²) in [5.74, 6) is -0.00810. The molecule has 1 heterocycles. The largest absolute Gasteiger partial charge is 0.387 e. The molecule has 1 saturated heterocycles. The highest BCUT2D eigenvalue weighted by Crippen LogP contribution is 2.17. The van der Waals surface area contributed by atoms with E-state index >= 15 is 0 Å². The summed E-state index contributed by atoms with van der Waals surface area (Å²) < 4.78 is 5.28. The molecule has 18 heavy (non-hydrogen) atoms. The van der Waals surface area contributed by atoms with Gasteiger partial charge in [0.25, 0.3) is 5.91 Å². The lowest BCUT2D eigenvalue weighted by Crippen LogP contribution is -2.39. The molecule has 1 aromatic carbocycles. The molecule has 1 aliphatic rings. The third-order valence-corrected chi connectivity index (χ3v) is 3.25. The highest BCUT2D eigenvalue weighted by Gasteiger charge is 2.18. The van der Waals surface area contributed by atoms with Gasteiger partial charge < -0.3 is 15.4 Å². The molecule has 4 heteroatoms. The lowest BCUT2D eigenvalue weighted by molar-refractivity contribution is 0.0697. The van der Waals surface area contributed by atoms with Crippen molar-refractivity contribution in [3.63, 3.8) is 0 Å². The second kappa shape index (κ2) is 5.87. The first-order valence-electron chi connectivity index (χ1n) is 6.37. The van der Waals surface area contributed by atoms with Gasteiger partial charge in [-0.25, -0.2) is 0 Å². The van der Waals surface area contributed by atoms with E-state index in [1.54, 1.807) is 0 Å². The molecule has 0 aliphatic carbocycles. The Morgan fingerprint density at radius 3 is 2.72 bits per heavy atom. The van der Waals surface area contributed by atoms with Crippen LogP contribution in [0, 0.1) is 6.92 Å². The molecule has 0 aromatic heterocycles. The van der Waals surface area contributed by atoms with Crippen LogP contribution in [0.25, 0.3) is 0 Å². The van der Waals surface area contributed by atoms with Crippen LogP contribution in [0.15, 0.2) is 18.2 Å². The number of hydrogen-bond acceptors (Lipinski definition) is 3. The number of ether oxygens (including phenoxy) is 1. The van der Waals surface area contributed by atoms with Gasteiger partial charge in [-0.2, -0.15) is 0 Å². The quantitative estimate of drug-likeness (QED) is 0.859. The standard InChI is InChI=1S/C14H20N2O2/c1-10-3-4-12(13(9-10)15-2)14(17)16-11-5-7-18-8-6-11/h3-4,9,11,15H,5-8H2,1-2H3,(H,16,17). The summed E-state index contributed by atoms with van der Waals surface area (Å²) in [6.07, 6.45) is 1.79. The SMILES string of the molecule is CNc1cc(C)ccc1C(=O)NC1CCOCC1. The van der Waals surface area contributed by atoms with E-state index in [9.17, 15) is 4.79 Å². The van der Waals surface area contributed by atoms with E-state index in [-0.39, 0.29) is 11.9 Å². The number of anilines is 1. The van der Waals surface area contributed by atoms with Gasteiger partial charge in [-0.15, -0.1) is 0 Å². The predicted molar refractivity (Wildman–Crippen MR) is 72.0 cm³/mol. The normalized spacial score (nSPS) is 16.3. The Morgan fingerprint density at radius 1 is 1.33 bits per heavy atom. The van der Waals surface area contributed by atoms with Crippen LogP contribution in [0.1, 0.15) is 28.8 Å². The molecular formula is C14H20N2O2. The number of rotatable bonds is 3. The van der Waals surface area contributed by atoms with Gasteiger partial charge in [0.15, 0.2) is 0 Å². The molecule has 0 spiro atoms. The molecule has 1 aliphatic heterocycles. The zero-order valence-electron chi connectivity index (χ0n) is 11.0. The summed E-state index contributed by atoms with van der Waals surface area (Å²) in [4.78, 5) is 12.2. The van der Waals surface area contributed by atoms with Crippen molar-refractivity contribution in [2.75, 3.05) is 25.6 Å². The molecule has 4 nitrogen and oxygen atoms in total. The number of carbonyl (C=O) groups excluding carboxylic acids is 1. The summed E-state index contributed by atoms with van der Waals surface area (Å²) in [5, 5.41) is 6.14. The van der Waals surface area contributed by atoms with Crippen LogP contribution in [0.2, 0.25) is 0 Å². The van der Waals surface area contributed by atoms with Crippen LogP contribution in [0.5, 0.6) is 0 Å². The van der Waals surface area contributed by atoms with Gasteiger partial charge in [-0.1, -0.05) is 6.07 Å². The number of benzene rings is 1. The maximum Gasteiger partial charge on any atom is 0.253 e. The molecule has 98 valence electrons. The van der Waals surface area contributed by atoms with Crippen LogP contribution in [-0.4, -0.2) is 32.2 Å². The maximum atomic E-state index is 12.2. The minimum absolute atomic E-state index is 0.00810. The van der Waals surface area contributed by atoms with E-state index in [4.69, 9.17) is 4.74 Å². The zero-order chi connectivity index (χ0) is 13.0. The Morgan fingerprint density at radius 2 is 2.06 bits per heavy atom. The highest BCUT2D eigenvalue weighted by atomic mass is 16.5. The second-order valence-electron chi connectivity index (χ2n) is 4.66. The minimum Gasteiger partial charge on any atom is -0.387 e. The number of carbonyl (C=O) groups is 1. The molecule has 0 radical (unpaired) electrons. The molecule has 2 rings (SSSR count). The lowest BCUT2D eigenvalue weighted by Gasteiger charge is -2.23. The van der Waals surface area contributed by atoms with E-state index in [2.05, 4.69) is 10.6 Å². The van der Waals surface area contributed by atoms with E-state index in [0.717, 1.165) is 37.3 Å². The Kier molecular flexibility index (Phi) is 4.20. The van der Waals surface area contributed by atoms with Crippen LogP contribution in [0.3, 0.4) is 0 Å². The minimum atomic E-state index is -0.00810. The van der Waals surface area contributed by atoms with Gasteiger partial charge in [-0.05, 0) is 37.5 Å². The number of amides is 1. The van der Waals surface area contributed by atoms with Crippen molar-refractivity contribution < 1.29 is 9.53 Å². The molecule has 1 fully saturated rings. The molecular weight excluding hydrogens is 228 g/mol. The number of hydrogen-bond donors (Lipinski definition) is 2. The van der Waals surface area contributed by atoms with Crippen molar-refractivity contribution in [1.82, 2.24) is 5.32 Å². The van der Waals surface area contributed by atoms with Gasteiger partial charge in [0.2, 0.25) is 0 Å². The van der Waals surface area contributed by atoms with Crippen molar-refractivity contribution in [2.24, 2.45) is 0 Å². The Labute approximate surface area is 108 Å². The fraction of sp³-hybridized carbons (Fsp3) is 0.500. The van der Waals surface area contributed by atoms with Crippen LogP contribution < -0.4 is 10.6 Å². The van der Waals surface area contributed by atoms with E-state index in [1.165, 1.54) is 0 Å². The van der Waals surface area contributed by atoms with E-state index < -0.39 is 0 Å². The van der Waals surface area contributed by atoms with E-state index in [0.29, 0.717) is 5.56 Å². The maximum absolute atomic E-state index is 12.2.